The highest BCUT2D eigenvalue weighted by Crippen LogP contribution is 2.19. The van der Waals surface area contributed by atoms with Gasteiger partial charge in [0.1, 0.15) is 0 Å². The smallest absolute Gasteiger partial charge is 0.0698 e. The summed E-state index contributed by atoms with van der Waals surface area (Å²) in [5, 5.41) is 8.57. The summed E-state index contributed by atoms with van der Waals surface area (Å²) in [6.45, 7) is 6.89. The van der Waals surface area contributed by atoms with Crippen molar-refractivity contribution in [3.8, 4) is 0 Å². The van der Waals surface area contributed by atoms with Crippen molar-refractivity contribution >= 4 is 0 Å². The fourth-order valence-corrected chi connectivity index (χ4v) is 2.26. The zero-order chi connectivity index (χ0) is 11.3. The minimum absolute atomic E-state index is 0.122. The molecule has 0 saturated carbocycles. The van der Waals surface area contributed by atoms with Gasteiger partial charge in [-0.2, -0.15) is 0 Å². The van der Waals surface area contributed by atoms with Gasteiger partial charge in [0.2, 0.25) is 0 Å². The molecule has 0 aromatic carbocycles. The number of hydrogen-bond donors (Lipinski definition) is 1. The van der Waals surface area contributed by atoms with E-state index in [4.69, 9.17) is 9.84 Å². The van der Waals surface area contributed by atoms with Gasteiger partial charge in [-0.25, -0.2) is 0 Å². The Morgan fingerprint density at radius 3 is 2.60 bits per heavy atom. The number of ether oxygens (including phenoxy) is 1. The minimum Gasteiger partial charge on any atom is -0.394 e. The van der Waals surface area contributed by atoms with Gasteiger partial charge in [-0.1, -0.05) is 6.92 Å². The van der Waals surface area contributed by atoms with Gasteiger partial charge in [0, 0.05) is 25.7 Å². The molecule has 0 spiro atoms. The molecule has 15 heavy (non-hydrogen) atoms. The second-order valence-corrected chi connectivity index (χ2v) is 4.60. The van der Waals surface area contributed by atoms with Crippen molar-refractivity contribution in [2.75, 3.05) is 53.6 Å². The van der Waals surface area contributed by atoms with Gasteiger partial charge in [-0.3, -0.25) is 4.90 Å². The molecule has 4 nitrogen and oxygen atoms in total. The van der Waals surface area contributed by atoms with Crippen LogP contribution in [-0.4, -0.2) is 74.5 Å². The first-order chi connectivity index (χ1) is 7.15. The summed E-state index contributed by atoms with van der Waals surface area (Å²) in [6.07, 6.45) is 0. The molecular formula is C11H24N2O2. The van der Waals surface area contributed by atoms with E-state index in [0.29, 0.717) is 12.6 Å². The Balaban J connectivity index is 2.17. The normalized spacial score (nSPS) is 27.8. The van der Waals surface area contributed by atoms with Crippen LogP contribution < -0.4 is 0 Å². The van der Waals surface area contributed by atoms with Crippen LogP contribution in [0, 0.1) is 5.92 Å². The van der Waals surface area contributed by atoms with Crippen molar-refractivity contribution in [2.45, 2.75) is 13.0 Å². The number of nitrogens with zero attached hydrogens (tertiary/aromatic N) is 2. The number of aliphatic hydroxyl groups is 1. The summed E-state index contributed by atoms with van der Waals surface area (Å²) < 4.78 is 5.27. The summed E-state index contributed by atoms with van der Waals surface area (Å²) in [4.78, 5) is 4.74. The van der Waals surface area contributed by atoms with Crippen LogP contribution in [0.4, 0.5) is 0 Å². The lowest BCUT2D eigenvalue weighted by atomic mass is 10.1. The molecule has 4 heteroatoms. The zero-order valence-electron chi connectivity index (χ0n) is 10.1. The maximum absolute atomic E-state index is 8.57. The molecule has 1 heterocycles. The van der Waals surface area contributed by atoms with Crippen molar-refractivity contribution in [2.24, 2.45) is 5.92 Å². The third kappa shape index (κ3) is 4.07. The van der Waals surface area contributed by atoms with Crippen LogP contribution in [0.15, 0.2) is 0 Å². The highest BCUT2D eigenvalue weighted by molar-refractivity contribution is 4.86. The van der Waals surface area contributed by atoms with Crippen LogP contribution >= 0.6 is 0 Å². The first-order valence-electron chi connectivity index (χ1n) is 5.72. The highest BCUT2D eigenvalue weighted by Gasteiger charge is 2.30. The highest BCUT2D eigenvalue weighted by atomic mass is 16.5. The van der Waals surface area contributed by atoms with Gasteiger partial charge in [-0.05, 0) is 20.0 Å². The predicted octanol–water partition coefficient (Wildman–Crippen LogP) is -0.123. The molecule has 2 unspecified atom stereocenters. The molecule has 0 radical (unpaired) electrons. The summed E-state index contributed by atoms with van der Waals surface area (Å²) in [5.74, 6) is 0.734. The van der Waals surface area contributed by atoms with Crippen LogP contribution in [0.5, 0.6) is 0 Å². The van der Waals surface area contributed by atoms with E-state index in [1.807, 2.05) is 0 Å². The van der Waals surface area contributed by atoms with Crippen molar-refractivity contribution < 1.29 is 9.84 Å². The van der Waals surface area contributed by atoms with Gasteiger partial charge in [0.05, 0.1) is 19.8 Å². The van der Waals surface area contributed by atoms with Crippen molar-refractivity contribution in [1.82, 2.24) is 9.80 Å². The van der Waals surface area contributed by atoms with E-state index in [-0.39, 0.29) is 6.61 Å². The largest absolute Gasteiger partial charge is 0.394 e. The van der Waals surface area contributed by atoms with E-state index in [1.54, 1.807) is 0 Å². The second-order valence-electron chi connectivity index (χ2n) is 4.60. The van der Waals surface area contributed by atoms with Gasteiger partial charge in [0.15, 0.2) is 0 Å². The number of hydrogen-bond acceptors (Lipinski definition) is 4. The average Bonchev–Trinajstić information content (AvgIpc) is 2.55. The van der Waals surface area contributed by atoms with Gasteiger partial charge in [0.25, 0.3) is 0 Å². The number of likely N-dealkylation sites (N-methyl/N-ethyl adjacent to an activating group) is 1. The van der Waals surface area contributed by atoms with Crippen LogP contribution in [0.25, 0.3) is 0 Å². The molecule has 0 amide bonds. The van der Waals surface area contributed by atoms with Crippen LogP contribution in [0.1, 0.15) is 6.92 Å². The van der Waals surface area contributed by atoms with E-state index in [0.717, 1.165) is 32.2 Å². The van der Waals surface area contributed by atoms with Crippen molar-refractivity contribution in [1.29, 1.82) is 0 Å². The van der Waals surface area contributed by atoms with Crippen LogP contribution in [0.3, 0.4) is 0 Å². The molecule has 2 atom stereocenters. The summed E-state index contributed by atoms with van der Waals surface area (Å²) in [5.41, 5.74) is 0. The van der Waals surface area contributed by atoms with E-state index in [1.165, 1.54) is 0 Å². The quantitative estimate of drug-likeness (QED) is 0.628. The average molecular weight is 216 g/mol. The van der Waals surface area contributed by atoms with Gasteiger partial charge >= 0.3 is 0 Å². The van der Waals surface area contributed by atoms with Crippen LogP contribution in [-0.2, 0) is 4.74 Å². The molecule has 1 aliphatic heterocycles. The molecule has 1 aliphatic rings. The third-order valence-electron chi connectivity index (χ3n) is 3.10. The Morgan fingerprint density at radius 1 is 1.33 bits per heavy atom. The van der Waals surface area contributed by atoms with Gasteiger partial charge in [-0.15, -0.1) is 0 Å². The number of rotatable bonds is 6. The molecule has 1 saturated heterocycles. The molecule has 1 fully saturated rings. The Hall–Kier alpha value is -0.160. The lowest BCUT2D eigenvalue weighted by Gasteiger charge is -2.22. The SMILES string of the molecule is CC1CN(CCOCCO)CC1N(C)C. The molecular weight excluding hydrogens is 192 g/mol. The van der Waals surface area contributed by atoms with Crippen molar-refractivity contribution in [3.05, 3.63) is 0 Å². The Bertz CT molecular complexity index is 176. The third-order valence-corrected chi connectivity index (χ3v) is 3.10. The predicted molar refractivity (Wildman–Crippen MR) is 61.0 cm³/mol. The first kappa shape index (κ1) is 12.9. The van der Waals surface area contributed by atoms with E-state index < -0.39 is 0 Å². The molecule has 1 N–H and O–H groups in total. The van der Waals surface area contributed by atoms with E-state index >= 15 is 0 Å². The number of aliphatic hydroxyl groups excluding tert-OH is 1. The Morgan fingerprint density at radius 2 is 2.07 bits per heavy atom. The van der Waals surface area contributed by atoms with Crippen LogP contribution in [0.2, 0.25) is 0 Å². The molecule has 0 bridgehead atoms. The summed E-state index contributed by atoms with van der Waals surface area (Å²) >= 11 is 0. The molecule has 0 aromatic rings. The molecule has 1 rings (SSSR count). The first-order valence-corrected chi connectivity index (χ1v) is 5.72. The Labute approximate surface area is 92.8 Å². The lowest BCUT2D eigenvalue weighted by Crippen LogP contribution is -2.34. The van der Waals surface area contributed by atoms with Crippen molar-refractivity contribution in [3.63, 3.8) is 0 Å². The fraction of sp³-hybridized carbons (Fsp3) is 1.00. The molecule has 0 aliphatic carbocycles. The topological polar surface area (TPSA) is 35.9 Å². The fourth-order valence-electron chi connectivity index (χ4n) is 2.26. The van der Waals surface area contributed by atoms with E-state index in [2.05, 4.69) is 30.8 Å². The lowest BCUT2D eigenvalue weighted by molar-refractivity contribution is 0.0768. The van der Waals surface area contributed by atoms with Gasteiger partial charge < -0.3 is 14.7 Å². The second kappa shape index (κ2) is 6.43. The van der Waals surface area contributed by atoms with E-state index in [9.17, 15) is 0 Å². The monoisotopic (exact) mass is 216 g/mol. The molecule has 0 aromatic heterocycles. The standard InChI is InChI=1S/C11H24N2O2/c1-10-8-13(4-6-15-7-5-14)9-11(10)12(2)3/h10-11,14H,4-9H2,1-3H3. The summed E-state index contributed by atoms with van der Waals surface area (Å²) in [7, 11) is 4.29. The summed E-state index contributed by atoms with van der Waals surface area (Å²) in [6, 6.07) is 0.669. The molecule has 90 valence electrons. The minimum atomic E-state index is 0.122. The maximum Gasteiger partial charge on any atom is 0.0698 e. The zero-order valence-corrected chi connectivity index (χ0v) is 10.1. The Kier molecular flexibility index (Phi) is 5.53. The number of likely N-dealkylation sites (tertiary alicyclic amines) is 1. The maximum atomic E-state index is 8.57.